The van der Waals surface area contributed by atoms with Crippen LogP contribution in [0.15, 0.2) is 0 Å². The Morgan fingerprint density at radius 3 is 1.79 bits per heavy atom. The van der Waals surface area contributed by atoms with E-state index in [-0.39, 0.29) is 23.5 Å². The van der Waals surface area contributed by atoms with E-state index in [1.807, 2.05) is 0 Å². The van der Waals surface area contributed by atoms with Gasteiger partial charge in [-0.25, -0.2) is 0 Å². The Kier molecular flexibility index (Phi) is 12.5. The Hall–Kier alpha value is 0.682. The van der Waals surface area contributed by atoms with Crippen LogP contribution >= 0.6 is 7.60 Å². The normalized spacial score (nSPS) is 11.1. The fourth-order valence-corrected chi connectivity index (χ4v) is 1.91. The van der Waals surface area contributed by atoms with Crippen LogP contribution in [0.25, 0.3) is 0 Å². The molecular formula is C9H24AlO3P. The highest BCUT2D eigenvalue weighted by molar-refractivity contribution is 7.51. The molecule has 2 N–H and O–H groups in total. The molecule has 0 heterocycles. The molecule has 3 nitrogen and oxygen atoms in total. The minimum absolute atomic E-state index is 0. The molecule has 0 aromatic heterocycles. The van der Waals surface area contributed by atoms with Crippen molar-refractivity contribution >= 4 is 25.0 Å². The zero-order valence-corrected chi connectivity index (χ0v) is 9.30. The molecule has 0 saturated carbocycles. The van der Waals surface area contributed by atoms with Crippen LogP contribution in [0.5, 0.6) is 0 Å². The minimum Gasteiger partial charge on any atom is -0.324 e. The summed E-state index contributed by atoms with van der Waals surface area (Å²) in [5, 5.41) is 0. The Morgan fingerprint density at radius 2 is 1.36 bits per heavy atom. The zero-order valence-electron chi connectivity index (χ0n) is 8.41. The van der Waals surface area contributed by atoms with Crippen LogP contribution in [-0.4, -0.2) is 33.3 Å². The predicted molar refractivity (Wildman–Crippen MR) is 64.8 cm³/mol. The van der Waals surface area contributed by atoms with E-state index in [1.165, 1.54) is 25.7 Å². The number of hydrogen-bond donors (Lipinski definition) is 2. The molecule has 5 heteroatoms. The Morgan fingerprint density at radius 1 is 0.929 bits per heavy atom. The number of hydrogen-bond acceptors (Lipinski definition) is 1. The summed E-state index contributed by atoms with van der Waals surface area (Å²) in [7, 11) is -3.73. The molecule has 0 aliphatic carbocycles. The third-order valence-corrected chi connectivity index (χ3v) is 2.95. The second-order valence-corrected chi connectivity index (χ2v) is 5.29. The molecule has 14 heavy (non-hydrogen) atoms. The first-order valence-corrected chi connectivity index (χ1v) is 6.90. The van der Waals surface area contributed by atoms with E-state index >= 15 is 0 Å². The Labute approximate surface area is 97.6 Å². The average molecular weight is 238 g/mol. The summed E-state index contributed by atoms with van der Waals surface area (Å²) in [6, 6.07) is 0. The van der Waals surface area contributed by atoms with Gasteiger partial charge in [0, 0.05) is 6.16 Å². The lowest BCUT2D eigenvalue weighted by Crippen LogP contribution is -1.88. The highest BCUT2D eigenvalue weighted by Crippen LogP contribution is 2.35. The second-order valence-electron chi connectivity index (χ2n) is 3.51. The Balaban J connectivity index is 0. The standard InChI is InChI=1S/C9H21O3P.Al.3H/c1-2-3-4-5-6-7-8-9-13(10,11)12;;;;/h2-9H2,1H3,(H2,10,11,12);;;;. The monoisotopic (exact) mass is 238 g/mol. The van der Waals surface area contributed by atoms with Crippen LogP contribution in [0.3, 0.4) is 0 Å². The summed E-state index contributed by atoms with van der Waals surface area (Å²) >= 11 is 0. The number of unbranched alkanes of at least 4 members (excludes halogenated alkanes) is 6. The average Bonchev–Trinajstić information content (AvgIpc) is 2.01. The van der Waals surface area contributed by atoms with Gasteiger partial charge in [-0.05, 0) is 6.42 Å². The van der Waals surface area contributed by atoms with Gasteiger partial charge in [0.2, 0.25) is 0 Å². The van der Waals surface area contributed by atoms with Crippen molar-refractivity contribution in [1.29, 1.82) is 0 Å². The molecule has 0 atom stereocenters. The van der Waals surface area contributed by atoms with Crippen LogP contribution in [0.2, 0.25) is 0 Å². The highest BCUT2D eigenvalue weighted by atomic mass is 31.2. The fraction of sp³-hybridized carbons (Fsp3) is 1.00. The van der Waals surface area contributed by atoms with Crippen molar-refractivity contribution in [3.63, 3.8) is 0 Å². The van der Waals surface area contributed by atoms with Crippen LogP contribution in [0.4, 0.5) is 0 Å². The van der Waals surface area contributed by atoms with Gasteiger partial charge in [0.25, 0.3) is 0 Å². The summed E-state index contributed by atoms with van der Waals surface area (Å²) in [4.78, 5) is 17.1. The molecule has 0 bridgehead atoms. The largest absolute Gasteiger partial charge is 0.325 e. The van der Waals surface area contributed by atoms with E-state index < -0.39 is 7.60 Å². The molecule has 0 radical (unpaired) electrons. The lowest BCUT2D eigenvalue weighted by atomic mass is 10.1. The number of rotatable bonds is 8. The fourth-order valence-electron chi connectivity index (χ4n) is 1.27. The second kappa shape index (κ2) is 10.2. The smallest absolute Gasteiger partial charge is 0.324 e. The first-order valence-electron chi connectivity index (χ1n) is 5.11. The van der Waals surface area contributed by atoms with E-state index in [4.69, 9.17) is 9.79 Å². The minimum atomic E-state index is -3.73. The molecule has 0 amide bonds. The van der Waals surface area contributed by atoms with Gasteiger partial charge in [-0.2, -0.15) is 0 Å². The SMILES string of the molecule is CCCCCCCCCP(=O)(O)O.[AlH3]. The van der Waals surface area contributed by atoms with Gasteiger partial charge in [-0.1, -0.05) is 45.4 Å². The van der Waals surface area contributed by atoms with Crippen LogP contribution in [0.1, 0.15) is 51.9 Å². The highest BCUT2D eigenvalue weighted by Gasteiger charge is 2.10. The van der Waals surface area contributed by atoms with Gasteiger partial charge in [-0.15, -0.1) is 0 Å². The zero-order chi connectivity index (χ0) is 10.2. The topological polar surface area (TPSA) is 57.5 Å². The van der Waals surface area contributed by atoms with Gasteiger partial charge >= 0.3 is 7.60 Å². The van der Waals surface area contributed by atoms with Crippen molar-refractivity contribution in [3.8, 4) is 0 Å². The van der Waals surface area contributed by atoms with Crippen LogP contribution in [-0.2, 0) is 4.57 Å². The third kappa shape index (κ3) is 15.2. The van der Waals surface area contributed by atoms with E-state index in [1.54, 1.807) is 0 Å². The molecule has 0 aromatic carbocycles. The van der Waals surface area contributed by atoms with E-state index in [0.29, 0.717) is 6.42 Å². The van der Waals surface area contributed by atoms with Gasteiger partial charge in [-0.3, -0.25) is 4.57 Å². The molecule has 0 aliphatic rings. The Bertz CT molecular complexity index is 158. The van der Waals surface area contributed by atoms with Gasteiger partial charge in [0.15, 0.2) is 17.4 Å². The van der Waals surface area contributed by atoms with E-state index in [0.717, 1.165) is 12.8 Å². The van der Waals surface area contributed by atoms with E-state index in [2.05, 4.69) is 6.92 Å². The first kappa shape index (κ1) is 17.1. The molecule has 0 aromatic rings. The molecular weight excluding hydrogens is 214 g/mol. The van der Waals surface area contributed by atoms with Crippen molar-refractivity contribution in [1.82, 2.24) is 0 Å². The van der Waals surface area contributed by atoms with Crippen LogP contribution in [0, 0.1) is 0 Å². The summed E-state index contributed by atoms with van der Waals surface area (Å²) in [5.41, 5.74) is 0. The molecule has 0 aliphatic heterocycles. The van der Waals surface area contributed by atoms with Gasteiger partial charge in [0.05, 0.1) is 0 Å². The quantitative estimate of drug-likeness (QED) is 0.384. The van der Waals surface area contributed by atoms with Crippen molar-refractivity contribution in [2.24, 2.45) is 0 Å². The van der Waals surface area contributed by atoms with Crippen molar-refractivity contribution < 1.29 is 14.4 Å². The van der Waals surface area contributed by atoms with Crippen molar-refractivity contribution in [2.75, 3.05) is 6.16 Å². The summed E-state index contributed by atoms with van der Waals surface area (Å²) in [6.07, 6.45) is 7.76. The predicted octanol–water partition coefficient (Wildman–Crippen LogP) is 1.73. The van der Waals surface area contributed by atoms with Gasteiger partial charge in [0.1, 0.15) is 0 Å². The molecule has 0 fully saturated rings. The lowest BCUT2D eigenvalue weighted by molar-refractivity contribution is 0.370. The van der Waals surface area contributed by atoms with Crippen molar-refractivity contribution in [2.45, 2.75) is 51.9 Å². The first-order chi connectivity index (χ1) is 6.06. The summed E-state index contributed by atoms with van der Waals surface area (Å²) in [5.74, 6) is 0. The maximum absolute atomic E-state index is 10.5. The molecule has 0 unspecified atom stereocenters. The molecule has 0 saturated heterocycles. The molecule has 86 valence electrons. The summed E-state index contributed by atoms with van der Waals surface area (Å²) < 4.78 is 10.5. The maximum atomic E-state index is 10.5. The van der Waals surface area contributed by atoms with E-state index in [9.17, 15) is 4.57 Å². The maximum Gasteiger partial charge on any atom is 0.325 e. The third-order valence-electron chi connectivity index (χ3n) is 2.05. The molecule has 0 rings (SSSR count). The summed E-state index contributed by atoms with van der Waals surface area (Å²) in [6.45, 7) is 2.17. The lowest BCUT2D eigenvalue weighted by Gasteiger charge is -2.03. The molecule has 0 spiro atoms. The van der Waals surface area contributed by atoms with Crippen molar-refractivity contribution in [3.05, 3.63) is 0 Å². The van der Waals surface area contributed by atoms with Crippen LogP contribution < -0.4 is 0 Å². The van der Waals surface area contributed by atoms with Gasteiger partial charge < -0.3 is 9.79 Å².